The first-order chi connectivity index (χ1) is 37.7. The Morgan fingerprint density at radius 2 is 1.19 bits per heavy atom. The SMILES string of the molecule is COC(=O)N[C@H](C(=O)N1CCN(C(=O)OC(C)(C)C)C[C@H]1c1nc(-c2ccc(C#Cc3ccc(-c4ccc([C@@H]5CCCN5C(=O)[C@@H](NC(=O)OC)C(C)C)n4COCC[Si](C)(C)C)cc3)cc2)cn1COCC[Si](C)(C)C)C(C)C. The molecule has 4 aromatic rings. The van der Waals surface area contributed by atoms with Crippen LogP contribution in [0.25, 0.3) is 22.5 Å². The lowest BCUT2D eigenvalue weighted by Gasteiger charge is -2.42. The third-order valence-electron chi connectivity index (χ3n) is 14.3. The monoisotopic (exact) mass is 1140 g/mol. The van der Waals surface area contributed by atoms with Gasteiger partial charge in [-0.15, -0.1) is 0 Å². The molecule has 0 spiro atoms. The van der Waals surface area contributed by atoms with Gasteiger partial charge in [0, 0.05) is 77.6 Å². The fourth-order valence-corrected chi connectivity index (χ4v) is 11.1. The Kier molecular flexibility index (Phi) is 21.5. The number of nitrogens with zero attached hydrogens (tertiary/aromatic N) is 6. The highest BCUT2D eigenvalue weighted by molar-refractivity contribution is 6.76. The van der Waals surface area contributed by atoms with Crippen molar-refractivity contribution < 1.29 is 47.7 Å². The minimum absolute atomic E-state index is 0.102. The molecule has 6 rings (SSSR count). The van der Waals surface area contributed by atoms with Crippen molar-refractivity contribution in [3.8, 4) is 34.4 Å². The molecular weight excluding hydrogens is 1050 g/mol. The van der Waals surface area contributed by atoms with Crippen molar-refractivity contribution in [1.29, 1.82) is 0 Å². The Morgan fingerprint density at radius 3 is 1.69 bits per heavy atom. The number of rotatable bonds is 20. The maximum atomic E-state index is 14.6. The van der Waals surface area contributed by atoms with Crippen LogP contribution in [-0.2, 0) is 46.7 Å². The van der Waals surface area contributed by atoms with Crippen molar-refractivity contribution in [1.82, 2.24) is 39.5 Å². The standard InChI is InChI=1S/C60H88N8O10Si2/c1-41(2)52(62-57(71)74-8)55(69)66-30-16-17-49(66)50-29-28-48(68(50)40-77-34-36-80(13,14)15)46-26-22-44(23-27-46)19-18-43-20-24-45(25-21-43)47-37-65(39-76-33-35-79(10,11)12)54(61-47)51-38-64(59(73)78-60(5,6)7)31-32-67(51)56(70)53(42(3)4)63-58(72)75-9/h20-29,37,41-42,49,51-53H,16-17,30-36,38-40H2,1-15H3,(H,62,71)(H,63,72)/t49-,51-,52-,53-/m0/s1. The highest BCUT2D eigenvalue weighted by Crippen LogP contribution is 2.37. The number of carbonyl (C=O) groups is 5. The van der Waals surface area contributed by atoms with E-state index in [2.05, 4.69) is 90.6 Å². The number of ether oxygens (including phenoxy) is 5. The molecule has 4 atom stereocenters. The summed E-state index contributed by atoms with van der Waals surface area (Å²) in [6, 6.07) is 19.6. The van der Waals surface area contributed by atoms with Gasteiger partial charge in [0.2, 0.25) is 11.8 Å². The summed E-state index contributed by atoms with van der Waals surface area (Å²) in [6.45, 7) is 29.7. The van der Waals surface area contributed by atoms with Crippen LogP contribution >= 0.6 is 0 Å². The van der Waals surface area contributed by atoms with E-state index in [1.807, 2.05) is 101 Å². The van der Waals surface area contributed by atoms with E-state index in [9.17, 15) is 24.0 Å². The fourth-order valence-electron chi connectivity index (χ4n) is 9.63. The molecule has 2 N–H and O–H groups in total. The average Bonchev–Trinajstić information content (AvgIpc) is 4.31. The molecule has 2 aromatic heterocycles. The second-order valence-electron chi connectivity index (χ2n) is 25.0. The van der Waals surface area contributed by atoms with E-state index in [4.69, 9.17) is 28.7 Å². The van der Waals surface area contributed by atoms with Crippen LogP contribution in [0.3, 0.4) is 0 Å². The zero-order valence-electron chi connectivity index (χ0n) is 50.1. The zero-order chi connectivity index (χ0) is 58.7. The minimum atomic E-state index is -1.42. The normalized spacial score (nSPS) is 16.7. The molecule has 0 saturated carbocycles. The summed E-state index contributed by atoms with van der Waals surface area (Å²) in [7, 11) is -0.207. The summed E-state index contributed by atoms with van der Waals surface area (Å²) < 4.78 is 32.4. The highest BCUT2D eigenvalue weighted by Gasteiger charge is 2.42. The van der Waals surface area contributed by atoms with E-state index in [-0.39, 0.29) is 56.1 Å². The van der Waals surface area contributed by atoms with Gasteiger partial charge in [-0.1, -0.05) is 103 Å². The molecule has 4 heterocycles. The van der Waals surface area contributed by atoms with Crippen LogP contribution in [-0.4, -0.2) is 146 Å². The molecule has 436 valence electrons. The van der Waals surface area contributed by atoms with Crippen LogP contribution in [0.15, 0.2) is 66.9 Å². The van der Waals surface area contributed by atoms with Gasteiger partial charge in [-0.3, -0.25) is 9.59 Å². The fraction of sp³-hybridized carbons (Fsp3) is 0.567. The van der Waals surface area contributed by atoms with Gasteiger partial charge in [0.25, 0.3) is 0 Å². The van der Waals surface area contributed by atoms with Gasteiger partial charge in [0.15, 0.2) is 0 Å². The molecule has 0 aliphatic carbocycles. The predicted molar refractivity (Wildman–Crippen MR) is 316 cm³/mol. The third-order valence-corrected chi connectivity index (χ3v) is 17.7. The number of imidazole rings is 1. The molecular formula is C60H88N8O10Si2. The van der Waals surface area contributed by atoms with Gasteiger partial charge < -0.3 is 58.2 Å². The molecule has 0 unspecified atom stereocenters. The van der Waals surface area contributed by atoms with E-state index in [0.29, 0.717) is 38.0 Å². The van der Waals surface area contributed by atoms with Crippen LogP contribution in [0.5, 0.6) is 0 Å². The number of alkyl carbamates (subject to hydrolysis) is 2. The summed E-state index contributed by atoms with van der Waals surface area (Å²) in [5.41, 5.74) is 5.31. The van der Waals surface area contributed by atoms with Crippen molar-refractivity contribution in [3.05, 3.63) is 89.5 Å². The highest BCUT2D eigenvalue weighted by atomic mass is 28.3. The average molecular weight is 1140 g/mol. The van der Waals surface area contributed by atoms with Crippen molar-refractivity contribution in [2.75, 3.05) is 53.6 Å². The van der Waals surface area contributed by atoms with Crippen LogP contribution in [0.1, 0.15) is 96.0 Å². The van der Waals surface area contributed by atoms with Gasteiger partial charge in [0.05, 0.1) is 38.2 Å². The number of hydrogen-bond donors (Lipinski definition) is 2. The molecule has 5 amide bonds. The summed E-state index contributed by atoms with van der Waals surface area (Å²) >= 11 is 0. The molecule has 2 aliphatic rings. The van der Waals surface area contributed by atoms with E-state index in [1.54, 1.807) is 9.80 Å². The van der Waals surface area contributed by atoms with Crippen LogP contribution in [0.2, 0.25) is 51.4 Å². The molecule has 2 saturated heterocycles. The Balaban J connectivity index is 1.28. The number of hydrogen-bond acceptors (Lipinski definition) is 11. The van der Waals surface area contributed by atoms with E-state index >= 15 is 0 Å². The summed E-state index contributed by atoms with van der Waals surface area (Å²) in [5, 5.41) is 5.50. The van der Waals surface area contributed by atoms with Gasteiger partial charge in [-0.05, 0) is 99.5 Å². The second-order valence-corrected chi connectivity index (χ2v) is 36.2. The number of aromatic nitrogens is 3. The zero-order valence-corrected chi connectivity index (χ0v) is 52.1. The Labute approximate surface area is 476 Å². The number of amides is 5. The van der Waals surface area contributed by atoms with Crippen molar-refractivity contribution >= 4 is 46.2 Å². The number of likely N-dealkylation sites (tertiary alicyclic amines) is 1. The van der Waals surface area contributed by atoms with Crippen molar-refractivity contribution in [3.63, 3.8) is 0 Å². The minimum Gasteiger partial charge on any atom is -0.453 e. The van der Waals surface area contributed by atoms with E-state index in [0.717, 1.165) is 58.6 Å². The maximum absolute atomic E-state index is 14.6. The van der Waals surface area contributed by atoms with Crippen molar-refractivity contribution in [2.45, 2.75) is 156 Å². The molecule has 2 fully saturated rings. The van der Waals surface area contributed by atoms with Crippen LogP contribution < -0.4 is 10.6 Å². The first kappa shape index (κ1) is 62.8. The van der Waals surface area contributed by atoms with Crippen LogP contribution in [0, 0.1) is 23.7 Å². The van der Waals surface area contributed by atoms with Gasteiger partial charge in [-0.25, -0.2) is 19.4 Å². The first-order valence-electron chi connectivity index (χ1n) is 28.1. The number of nitrogens with one attached hydrogen (secondary N) is 2. The number of carbonyl (C=O) groups excluding carboxylic acids is 5. The number of benzene rings is 2. The third kappa shape index (κ3) is 17.3. The Hall–Kier alpha value is -6.41. The Morgan fingerprint density at radius 1 is 0.675 bits per heavy atom. The topological polar surface area (TPSA) is 188 Å². The number of methoxy groups -OCH3 is 2. The molecule has 0 bridgehead atoms. The summed E-state index contributed by atoms with van der Waals surface area (Å²) in [6.07, 6.45) is 1.71. The molecule has 18 nitrogen and oxygen atoms in total. The smallest absolute Gasteiger partial charge is 0.410 e. The van der Waals surface area contributed by atoms with Gasteiger partial charge in [-0.2, -0.15) is 0 Å². The summed E-state index contributed by atoms with van der Waals surface area (Å²) in [5.74, 6) is 6.34. The van der Waals surface area contributed by atoms with Gasteiger partial charge in [0.1, 0.15) is 43.0 Å². The van der Waals surface area contributed by atoms with Gasteiger partial charge >= 0.3 is 18.3 Å². The molecule has 0 radical (unpaired) electrons. The first-order valence-corrected chi connectivity index (χ1v) is 35.5. The van der Waals surface area contributed by atoms with Crippen molar-refractivity contribution in [2.24, 2.45) is 11.8 Å². The molecule has 2 aliphatic heterocycles. The maximum Gasteiger partial charge on any atom is 0.410 e. The van der Waals surface area contributed by atoms with E-state index < -0.39 is 58.2 Å². The lowest BCUT2D eigenvalue weighted by molar-refractivity contribution is -0.140. The second kappa shape index (κ2) is 27.4. The quantitative estimate of drug-likeness (QED) is 0.0371. The lowest BCUT2D eigenvalue weighted by Crippen LogP contribution is -2.59. The Bertz CT molecular complexity index is 2820. The molecule has 2 aromatic carbocycles. The predicted octanol–water partition coefficient (Wildman–Crippen LogP) is 10.6. The summed E-state index contributed by atoms with van der Waals surface area (Å²) in [4.78, 5) is 77.5. The lowest BCUT2D eigenvalue weighted by atomic mass is 10.0. The molecule has 80 heavy (non-hydrogen) atoms. The van der Waals surface area contributed by atoms with E-state index in [1.165, 1.54) is 14.2 Å². The number of piperazine rings is 1. The largest absolute Gasteiger partial charge is 0.453 e. The van der Waals surface area contributed by atoms with Crippen LogP contribution in [0.4, 0.5) is 14.4 Å². The molecule has 20 heteroatoms.